The Bertz CT molecular complexity index is 1710. The molecule has 0 fully saturated rings. The zero-order chi connectivity index (χ0) is 27.2. The first-order valence-corrected chi connectivity index (χ1v) is 14.4. The largest absolute Gasteiger partial charge is 0.457 e. The van der Waals surface area contributed by atoms with Gasteiger partial charge in [0.25, 0.3) is 0 Å². The van der Waals surface area contributed by atoms with E-state index in [2.05, 4.69) is 4.98 Å². The molecule has 6 nitrogen and oxygen atoms in total. The highest BCUT2D eigenvalue weighted by molar-refractivity contribution is 7.92. The van der Waals surface area contributed by atoms with Gasteiger partial charge in [0.15, 0.2) is 19.7 Å². The van der Waals surface area contributed by atoms with Crippen LogP contribution in [0.5, 0.6) is 11.5 Å². The van der Waals surface area contributed by atoms with Gasteiger partial charge in [-0.25, -0.2) is 16.8 Å². The molecule has 11 heteroatoms. The van der Waals surface area contributed by atoms with Crippen molar-refractivity contribution in [2.75, 3.05) is 6.26 Å². The number of halogens is 3. The summed E-state index contributed by atoms with van der Waals surface area (Å²) in [6.07, 6.45) is -2.81. The van der Waals surface area contributed by atoms with Crippen molar-refractivity contribution in [2.45, 2.75) is 35.1 Å². The predicted octanol–water partition coefficient (Wildman–Crippen LogP) is 6.30. The summed E-state index contributed by atoms with van der Waals surface area (Å²) >= 11 is 0. The maximum atomic E-state index is 13.6. The Balaban J connectivity index is 1.87. The summed E-state index contributed by atoms with van der Waals surface area (Å²) in [5, 5.41) is -0.623. The molecule has 0 bridgehead atoms. The third-order valence-corrected chi connectivity index (χ3v) is 8.94. The number of para-hydroxylation sites is 1. The number of rotatable bonds is 6. The van der Waals surface area contributed by atoms with Crippen LogP contribution in [0.1, 0.15) is 19.4 Å². The van der Waals surface area contributed by atoms with Crippen molar-refractivity contribution >= 4 is 30.6 Å². The highest BCUT2D eigenvalue weighted by Crippen LogP contribution is 2.40. The van der Waals surface area contributed by atoms with Gasteiger partial charge in [0.05, 0.1) is 26.1 Å². The van der Waals surface area contributed by atoms with Gasteiger partial charge in [-0.15, -0.1) is 0 Å². The molecule has 0 unspecified atom stereocenters. The van der Waals surface area contributed by atoms with Gasteiger partial charge in [-0.1, -0.05) is 30.3 Å². The highest BCUT2D eigenvalue weighted by Gasteiger charge is 2.34. The van der Waals surface area contributed by atoms with E-state index in [1.165, 1.54) is 36.4 Å². The summed E-state index contributed by atoms with van der Waals surface area (Å²) in [7, 11) is -7.43. The van der Waals surface area contributed by atoms with Gasteiger partial charge < -0.3 is 4.74 Å². The summed E-state index contributed by atoms with van der Waals surface area (Å²) in [6, 6.07) is 15.6. The van der Waals surface area contributed by atoms with Crippen molar-refractivity contribution in [3.05, 3.63) is 78.5 Å². The number of fused-ring (bicyclic) bond motifs is 1. The van der Waals surface area contributed by atoms with Gasteiger partial charge in [0.1, 0.15) is 11.5 Å². The molecule has 0 atom stereocenters. The van der Waals surface area contributed by atoms with Crippen molar-refractivity contribution in [1.29, 1.82) is 0 Å². The lowest BCUT2D eigenvalue weighted by Gasteiger charge is -2.16. The monoisotopic (exact) mass is 549 g/mol. The second kappa shape index (κ2) is 9.46. The predicted molar refractivity (Wildman–Crippen MR) is 134 cm³/mol. The van der Waals surface area contributed by atoms with Crippen LogP contribution in [-0.2, 0) is 25.9 Å². The summed E-state index contributed by atoms with van der Waals surface area (Å²) in [5.41, 5.74) is -1.02. The SMILES string of the molecule is CC(C)S(=O)(=O)c1cccc(Oc2cccc(-c3c(S(C)(=O)=O)cnc4c(C(F)(F)F)cccc34)c2)c1. The Morgan fingerprint density at radius 3 is 2.11 bits per heavy atom. The van der Waals surface area contributed by atoms with Gasteiger partial charge in [-0.2, -0.15) is 13.2 Å². The second-order valence-electron chi connectivity index (χ2n) is 8.67. The number of sulfone groups is 2. The lowest BCUT2D eigenvalue weighted by atomic mass is 9.99. The van der Waals surface area contributed by atoms with E-state index in [1.807, 2.05) is 0 Å². The topological polar surface area (TPSA) is 90.4 Å². The number of hydrogen-bond donors (Lipinski definition) is 0. The smallest absolute Gasteiger partial charge is 0.418 e. The minimum absolute atomic E-state index is 0.0138. The molecule has 0 aliphatic carbocycles. The number of benzene rings is 3. The van der Waals surface area contributed by atoms with E-state index in [0.29, 0.717) is 0 Å². The quantitative estimate of drug-likeness (QED) is 0.280. The molecular weight excluding hydrogens is 527 g/mol. The molecule has 1 aromatic heterocycles. The normalized spacial score (nSPS) is 12.7. The molecular formula is C26H22F3NO5S2. The first-order valence-electron chi connectivity index (χ1n) is 11.0. The third kappa shape index (κ3) is 5.33. The standard InChI is InChI=1S/C26H22F3NO5S2/c1-16(2)37(33,34)20-10-5-9-19(14-20)35-18-8-4-7-17(13-18)24-21-11-6-12-22(26(27,28)29)25(21)30-15-23(24)36(3,31)32/h4-16H,1-3H3. The second-order valence-corrected chi connectivity index (χ2v) is 13.2. The van der Waals surface area contributed by atoms with Crippen LogP contribution >= 0.6 is 0 Å². The molecule has 0 N–H and O–H groups in total. The fourth-order valence-electron chi connectivity index (χ4n) is 3.85. The minimum atomic E-state index is -4.69. The van der Waals surface area contributed by atoms with Crippen LogP contribution in [0.2, 0.25) is 0 Å². The zero-order valence-electron chi connectivity index (χ0n) is 19.9. The average Bonchev–Trinajstić information content (AvgIpc) is 2.82. The number of nitrogens with zero attached hydrogens (tertiary/aromatic N) is 1. The lowest BCUT2D eigenvalue weighted by Crippen LogP contribution is -2.13. The van der Waals surface area contributed by atoms with Gasteiger partial charge in [-0.3, -0.25) is 4.98 Å². The molecule has 1 heterocycles. The van der Waals surface area contributed by atoms with E-state index >= 15 is 0 Å². The molecule has 0 amide bonds. The Labute approximate surface area is 212 Å². The molecule has 0 saturated carbocycles. The van der Waals surface area contributed by atoms with Crippen molar-refractivity contribution in [2.24, 2.45) is 0 Å². The Morgan fingerprint density at radius 1 is 0.865 bits per heavy atom. The third-order valence-electron chi connectivity index (χ3n) is 5.68. The minimum Gasteiger partial charge on any atom is -0.457 e. The summed E-state index contributed by atoms with van der Waals surface area (Å²) in [6.45, 7) is 3.13. The molecule has 0 aliphatic rings. The lowest BCUT2D eigenvalue weighted by molar-refractivity contribution is -0.136. The molecule has 0 aliphatic heterocycles. The summed E-state index contributed by atoms with van der Waals surface area (Å²) in [4.78, 5) is 3.69. The molecule has 0 saturated heterocycles. The van der Waals surface area contributed by atoms with Crippen LogP contribution in [0.25, 0.3) is 22.0 Å². The summed E-state index contributed by atoms with van der Waals surface area (Å²) < 4.78 is 97.0. The van der Waals surface area contributed by atoms with Crippen LogP contribution in [-0.4, -0.2) is 33.3 Å². The van der Waals surface area contributed by atoms with Crippen molar-refractivity contribution < 1.29 is 34.7 Å². The molecule has 3 aromatic carbocycles. The van der Waals surface area contributed by atoms with E-state index < -0.39 is 36.7 Å². The number of alkyl halides is 3. The number of hydrogen-bond acceptors (Lipinski definition) is 6. The van der Waals surface area contributed by atoms with Crippen molar-refractivity contribution in [3.8, 4) is 22.6 Å². The van der Waals surface area contributed by atoms with Gasteiger partial charge in [-0.05, 0) is 55.8 Å². The first kappa shape index (κ1) is 26.6. The van der Waals surface area contributed by atoms with Crippen LogP contribution in [0.3, 0.4) is 0 Å². The molecule has 37 heavy (non-hydrogen) atoms. The van der Waals surface area contributed by atoms with E-state index in [0.717, 1.165) is 18.5 Å². The molecule has 0 spiro atoms. The van der Waals surface area contributed by atoms with Crippen LogP contribution in [0.4, 0.5) is 13.2 Å². The Kier molecular flexibility index (Phi) is 6.80. The fraction of sp³-hybridized carbons (Fsp3) is 0.192. The maximum absolute atomic E-state index is 13.6. The first-order chi connectivity index (χ1) is 17.2. The van der Waals surface area contributed by atoms with Crippen LogP contribution in [0, 0.1) is 0 Å². The van der Waals surface area contributed by atoms with E-state index in [9.17, 15) is 30.0 Å². The summed E-state index contributed by atoms with van der Waals surface area (Å²) in [5.74, 6) is 0.453. The average molecular weight is 550 g/mol. The zero-order valence-corrected chi connectivity index (χ0v) is 21.6. The van der Waals surface area contributed by atoms with Gasteiger partial charge in [0.2, 0.25) is 0 Å². The van der Waals surface area contributed by atoms with Crippen LogP contribution in [0.15, 0.2) is 82.7 Å². The van der Waals surface area contributed by atoms with Crippen molar-refractivity contribution in [3.63, 3.8) is 0 Å². The maximum Gasteiger partial charge on any atom is 0.418 e. The molecule has 0 radical (unpaired) electrons. The van der Waals surface area contributed by atoms with Crippen molar-refractivity contribution in [1.82, 2.24) is 4.98 Å². The molecule has 4 aromatic rings. The number of ether oxygens (including phenoxy) is 1. The van der Waals surface area contributed by atoms with Gasteiger partial charge in [0, 0.05) is 23.4 Å². The van der Waals surface area contributed by atoms with Gasteiger partial charge >= 0.3 is 6.18 Å². The van der Waals surface area contributed by atoms with Crippen LogP contribution < -0.4 is 4.74 Å². The fourth-order valence-corrected chi connectivity index (χ4v) is 5.79. The number of pyridine rings is 1. The molecule has 194 valence electrons. The molecule has 4 rings (SSSR count). The highest BCUT2D eigenvalue weighted by atomic mass is 32.2. The number of aromatic nitrogens is 1. The Morgan fingerprint density at radius 2 is 1.49 bits per heavy atom. The van der Waals surface area contributed by atoms with E-state index in [1.54, 1.807) is 38.1 Å². The Hall–Kier alpha value is -3.44. The van der Waals surface area contributed by atoms with E-state index in [-0.39, 0.29) is 43.3 Å². The van der Waals surface area contributed by atoms with E-state index in [4.69, 9.17) is 4.74 Å².